The summed E-state index contributed by atoms with van der Waals surface area (Å²) >= 11 is 8.61. The fourth-order valence-corrected chi connectivity index (χ4v) is 3.47. The van der Waals surface area contributed by atoms with Gasteiger partial charge in [-0.3, -0.25) is 0 Å². The first-order chi connectivity index (χ1) is 8.70. The molecule has 96 valence electrons. The zero-order chi connectivity index (χ0) is 13.0. The summed E-state index contributed by atoms with van der Waals surface area (Å²) in [6.45, 7) is 1.04. The van der Waals surface area contributed by atoms with Gasteiger partial charge in [0.2, 0.25) is 0 Å². The van der Waals surface area contributed by atoms with Gasteiger partial charge in [0.05, 0.1) is 6.61 Å². The van der Waals surface area contributed by atoms with Crippen molar-refractivity contribution in [2.24, 2.45) is 5.73 Å². The lowest BCUT2D eigenvalue weighted by Gasteiger charge is -2.15. The minimum atomic E-state index is -0.0478. The lowest BCUT2D eigenvalue weighted by molar-refractivity contribution is 0.0476. The van der Waals surface area contributed by atoms with Crippen LogP contribution in [0.25, 0.3) is 0 Å². The second-order valence-electron chi connectivity index (χ2n) is 3.79. The molecule has 0 aliphatic heterocycles. The van der Waals surface area contributed by atoms with E-state index in [1.807, 2.05) is 29.6 Å². The van der Waals surface area contributed by atoms with E-state index in [2.05, 4.69) is 37.9 Å². The molecule has 0 radical (unpaired) electrons. The molecule has 2 nitrogen and oxygen atoms in total. The average molecular weight is 391 g/mol. The topological polar surface area (TPSA) is 35.2 Å². The van der Waals surface area contributed by atoms with Gasteiger partial charge in [-0.2, -0.15) is 0 Å². The summed E-state index contributed by atoms with van der Waals surface area (Å²) in [5.74, 6) is 0. The van der Waals surface area contributed by atoms with Crippen LogP contribution in [0.2, 0.25) is 0 Å². The van der Waals surface area contributed by atoms with Crippen molar-refractivity contribution in [2.75, 3.05) is 6.54 Å². The molecule has 0 fully saturated rings. The molecule has 2 aromatic rings. The number of thiophene rings is 1. The van der Waals surface area contributed by atoms with E-state index in [0.29, 0.717) is 13.2 Å². The molecule has 18 heavy (non-hydrogen) atoms. The first-order valence-electron chi connectivity index (χ1n) is 5.49. The lowest BCUT2D eigenvalue weighted by atomic mass is 10.2. The summed E-state index contributed by atoms with van der Waals surface area (Å²) in [4.78, 5) is 1.15. The van der Waals surface area contributed by atoms with Crippen molar-refractivity contribution in [3.8, 4) is 0 Å². The molecular weight excluding hydrogens is 378 g/mol. The predicted octanol–water partition coefficient (Wildman–Crippen LogP) is 4.49. The third-order valence-electron chi connectivity index (χ3n) is 2.52. The maximum absolute atomic E-state index is 5.89. The Morgan fingerprint density at radius 2 is 2.06 bits per heavy atom. The van der Waals surface area contributed by atoms with Gasteiger partial charge in [0.25, 0.3) is 0 Å². The molecule has 2 N–H and O–H groups in total. The van der Waals surface area contributed by atoms with E-state index < -0.39 is 0 Å². The summed E-state index contributed by atoms with van der Waals surface area (Å²) in [5.41, 5.74) is 6.90. The van der Waals surface area contributed by atoms with Crippen LogP contribution in [0.4, 0.5) is 0 Å². The van der Waals surface area contributed by atoms with Gasteiger partial charge in [0.15, 0.2) is 0 Å². The van der Waals surface area contributed by atoms with E-state index in [9.17, 15) is 0 Å². The third-order valence-corrected chi connectivity index (χ3v) is 5.08. The molecule has 0 spiro atoms. The van der Waals surface area contributed by atoms with Gasteiger partial charge < -0.3 is 10.5 Å². The van der Waals surface area contributed by atoms with E-state index in [1.165, 1.54) is 0 Å². The Balaban J connectivity index is 2.02. The molecule has 0 saturated carbocycles. The fourth-order valence-electron chi connectivity index (χ4n) is 1.57. The number of hydrogen-bond acceptors (Lipinski definition) is 3. The molecule has 1 unspecified atom stereocenters. The first kappa shape index (κ1) is 14.2. The van der Waals surface area contributed by atoms with Gasteiger partial charge in [-0.05, 0) is 33.6 Å². The molecule has 0 bridgehead atoms. The quantitative estimate of drug-likeness (QED) is 0.816. The Labute approximate surface area is 127 Å². The van der Waals surface area contributed by atoms with Crippen molar-refractivity contribution in [1.82, 2.24) is 0 Å². The highest BCUT2D eigenvalue weighted by atomic mass is 79.9. The largest absolute Gasteiger partial charge is 0.367 e. The maximum atomic E-state index is 5.89. The summed E-state index contributed by atoms with van der Waals surface area (Å²) in [6, 6.07) is 10.1. The van der Waals surface area contributed by atoms with Gasteiger partial charge in [-0.1, -0.05) is 34.1 Å². The highest BCUT2D eigenvalue weighted by molar-refractivity contribution is 9.10. The number of halogens is 2. The molecular formula is C13H13Br2NOS. The molecule has 0 aliphatic carbocycles. The van der Waals surface area contributed by atoms with Gasteiger partial charge in [-0.15, -0.1) is 11.3 Å². The van der Waals surface area contributed by atoms with Crippen LogP contribution in [0.3, 0.4) is 0 Å². The SMILES string of the molecule is NCC(OCc1ccccc1Br)c1cc(Br)cs1. The van der Waals surface area contributed by atoms with Gasteiger partial charge in [0, 0.05) is 25.7 Å². The standard InChI is InChI=1S/C13H13Br2NOS/c14-10-5-13(18-8-10)12(6-16)17-7-9-3-1-2-4-11(9)15/h1-5,8,12H,6-7,16H2. The van der Waals surface area contributed by atoms with Crippen LogP contribution in [-0.2, 0) is 11.3 Å². The van der Waals surface area contributed by atoms with Crippen molar-refractivity contribution in [2.45, 2.75) is 12.7 Å². The minimum Gasteiger partial charge on any atom is -0.367 e. The van der Waals surface area contributed by atoms with E-state index in [-0.39, 0.29) is 6.10 Å². The molecule has 5 heteroatoms. The Kier molecular flexibility index (Phi) is 5.38. The van der Waals surface area contributed by atoms with Gasteiger partial charge in [0.1, 0.15) is 6.10 Å². The Hall–Kier alpha value is -0.200. The molecule has 0 amide bonds. The number of nitrogens with two attached hydrogens (primary N) is 1. The minimum absolute atomic E-state index is 0.0478. The van der Waals surface area contributed by atoms with Crippen LogP contribution in [0.1, 0.15) is 16.5 Å². The van der Waals surface area contributed by atoms with Gasteiger partial charge >= 0.3 is 0 Å². The average Bonchev–Trinajstić information content (AvgIpc) is 2.79. The van der Waals surface area contributed by atoms with Crippen molar-refractivity contribution in [1.29, 1.82) is 0 Å². The Morgan fingerprint density at radius 1 is 1.28 bits per heavy atom. The molecule has 0 saturated heterocycles. The third kappa shape index (κ3) is 3.65. The van der Waals surface area contributed by atoms with E-state index >= 15 is 0 Å². The van der Waals surface area contributed by atoms with E-state index in [0.717, 1.165) is 19.4 Å². The molecule has 0 aliphatic rings. The van der Waals surface area contributed by atoms with Crippen LogP contribution >= 0.6 is 43.2 Å². The lowest BCUT2D eigenvalue weighted by Crippen LogP contribution is -2.14. The normalized spacial score (nSPS) is 12.6. The van der Waals surface area contributed by atoms with Crippen LogP contribution < -0.4 is 5.73 Å². The number of hydrogen-bond donors (Lipinski definition) is 1. The summed E-state index contributed by atoms with van der Waals surface area (Å²) < 4.78 is 8.03. The molecule has 1 aromatic heterocycles. The second-order valence-corrected chi connectivity index (χ2v) is 6.51. The first-order valence-corrected chi connectivity index (χ1v) is 7.96. The number of benzene rings is 1. The fraction of sp³-hybridized carbons (Fsp3) is 0.231. The van der Waals surface area contributed by atoms with Crippen molar-refractivity contribution < 1.29 is 4.74 Å². The monoisotopic (exact) mass is 389 g/mol. The van der Waals surface area contributed by atoms with E-state index in [1.54, 1.807) is 11.3 Å². The predicted molar refractivity (Wildman–Crippen MR) is 82.7 cm³/mol. The van der Waals surface area contributed by atoms with Crippen LogP contribution in [0, 0.1) is 0 Å². The zero-order valence-electron chi connectivity index (χ0n) is 9.61. The van der Waals surface area contributed by atoms with Crippen LogP contribution in [0.5, 0.6) is 0 Å². The highest BCUT2D eigenvalue weighted by Gasteiger charge is 2.13. The summed E-state index contributed by atoms with van der Waals surface area (Å²) in [7, 11) is 0. The van der Waals surface area contributed by atoms with Gasteiger partial charge in [-0.25, -0.2) is 0 Å². The summed E-state index contributed by atoms with van der Waals surface area (Å²) in [5, 5.41) is 2.04. The van der Waals surface area contributed by atoms with Crippen molar-refractivity contribution in [3.05, 3.63) is 55.1 Å². The Bertz CT molecular complexity index is 515. The molecule has 1 atom stereocenters. The van der Waals surface area contributed by atoms with Crippen LogP contribution in [-0.4, -0.2) is 6.54 Å². The summed E-state index contributed by atoms with van der Waals surface area (Å²) in [6.07, 6.45) is -0.0478. The van der Waals surface area contributed by atoms with Crippen LogP contribution in [0.15, 0.2) is 44.7 Å². The molecule has 2 rings (SSSR count). The smallest absolute Gasteiger partial charge is 0.104 e. The molecule has 1 aromatic carbocycles. The van der Waals surface area contributed by atoms with Crippen molar-refractivity contribution >= 4 is 43.2 Å². The van der Waals surface area contributed by atoms with E-state index in [4.69, 9.17) is 10.5 Å². The number of rotatable bonds is 5. The zero-order valence-corrected chi connectivity index (χ0v) is 13.6. The second kappa shape index (κ2) is 6.82. The number of ether oxygens (including phenoxy) is 1. The maximum Gasteiger partial charge on any atom is 0.104 e. The highest BCUT2D eigenvalue weighted by Crippen LogP contribution is 2.28. The molecule has 1 heterocycles. The van der Waals surface area contributed by atoms with Crippen molar-refractivity contribution in [3.63, 3.8) is 0 Å². The Morgan fingerprint density at radius 3 is 2.67 bits per heavy atom.